The van der Waals surface area contributed by atoms with Gasteiger partial charge in [0.25, 0.3) is 0 Å². The van der Waals surface area contributed by atoms with E-state index in [1.807, 2.05) is 6.92 Å². The maximum atomic E-state index is 10.6. The molecule has 0 aromatic rings. The standard InChI is InChI=1S/C11H24O3Si2/c1-6-9(3)15-8-16(4,5)10(7-2)14-11(12)13/h6,10H,7-8,15H2,1-5H3,(H,12,13). The van der Waals surface area contributed by atoms with E-state index in [-0.39, 0.29) is 15.2 Å². The van der Waals surface area contributed by atoms with Gasteiger partial charge >= 0.3 is 6.16 Å². The van der Waals surface area contributed by atoms with Crippen LogP contribution in [0.3, 0.4) is 0 Å². The first-order chi connectivity index (χ1) is 7.33. The van der Waals surface area contributed by atoms with Gasteiger partial charge < -0.3 is 9.84 Å². The van der Waals surface area contributed by atoms with Gasteiger partial charge in [-0.05, 0) is 20.3 Å². The van der Waals surface area contributed by atoms with E-state index in [9.17, 15) is 4.79 Å². The van der Waals surface area contributed by atoms with Crippen LogP contribution in [-0.4, -0.2) is 34.6 Å². The molecule has 0 aromatic carbocycles. The highest BCUT2D eigenvalue weighted by Gasteiger charge is 2.33. The molecule has 0 radical (unpaired) electrons. The van der Waals surface area contributed by atoms with Gasteiger partial charge in [-0.1, -0.05) is 37.0 Å². The lowest BCUT2D eigenvalue weighted by atomic mass is 10.5. The predicted molar refractivity (Wildman–Crippen MR) is 73.5 cm³/mol. The summed E-state index contributed by atoms with van der Waals surface area (Å²) in [7, 11) is -1.76. The Morgan fingerprint density at radius 1 is 1.56 bits per heavy atom. The molecule has 0 bridgehead atoms. The van der Waals surface area contributed by atoms with E-state index in [2.05, 4.69) is 33.0 Å². The first kappa shape index (κ1) is 15.4. The maximum absolute atomic E-state index is 10.6. The van der Waals surface area contributed by atoms with Crippen molar-refractivity contribution >= 4 is 23.7 Å². The van der Waals surface area contributed by atoms with Crippen molar-refractivity contribution in [3.05, 3.63) is 11.3 Å². The largest absolute Gasteiger partial charge is 0.505 e. The van der Waals surface area contributed by atoms with Gasteiger partial charge in [-0.25, -0.2) is 4.79 Å². The summed E-state index contributed by atoms with van der Waals surface area (Å²) in [6.07, 6.45) is 1.85. The van der Waals surface area contributed by atoms with Crippen LogP contribution in [0.25, 0.3) is 0 Å². The Balaban J connectivity index is 4.41. The van der Waals surface area contributed by atoms with Gasteiger partial charge in [-0.15, -0.1) is 0 Å². The predicted octanol–water partition coefficient (Wildman–Crippen LogP) is 2.76. The molecule has 16 heavy (non-hydrogen) atoms. The second-order valence-corrected chi connectivity index (χ2v) is 13.1. The van der Waals surface area contributed by atoms with E-state index >= 15 is 0 Å². The number of hydrogen-bond acceptors (Lipinski definition) is 2. The number of hydrogen-bond donors (Lipinski definition) is 1. The molecule has 5 heteroatoms. The van der Waals surface area contributed by atoms with E-state index in [4.69, 9.17) is 9.84 Å². The van der Waals surface area contributed by atoms with Crippen molar-refractivity contribution in [1.29, 1.82) is 0 Å². The topological polar surface area (TPSA) is 46.5 Å². The van der Waals surface area contributed by atoms with Crippen molar-refractivity contribution in [2.24, 2.45) is 0 Å². The lowest BCUT2D eigenvalue weighted by Gasteiger charge is -2.30. The van der Waals surface area contributed by atoms with E-state index in [1.54, 1.807) is 0 Å². The van der Waals surface area contributed by atoms with Crippen LogP contribution in [0.1, 0.15) is 27.2 Å². The third-order valence-electron chi connectivity index (χ3n) is 3.14. The van der Waals surface area contributed by atoms with Crippen LogP contribution in [0.2, 0.25) is 18.8 Å². The Bertz CT molecular complexity index is 262. The molecular formula is C11H24O3Si2. The smallest absolute Gasteiger partial charge is 0.450 e. The fraction of sp³-hybridized carbons (Fsp3) is 0.727. The van der Waals surface area contributed by atoms with Gasteiger partial charge in [0.1, 0.15) is 0 Å². The second kappa shape index (κ2) is 6.90. The molecule has 0 fully saturated rings. The first-order valence-corrected chi connectivity index (χ1v) is 10.8. The lowest BCUT2D eigenvalue weighted by molar-refractivity contribution is 0.0749. The van der Waals surface area contributed by atoms with Crippen molar-refractivity contribution in [1.82, 2.24) is 0 Å². The molecule has 94 valence electrons. The van der Waals surface area contributed by atoms with Crippen molar-refractivity contribution in [3.8, 4) is 0 Å². The zero-order valence-electron chi connectivity index (χ0n) is 11.0. The molecule has 3 nitrogen and oxygen atoms in total. The Kier molecular flexibility index (Phi) is 6.66. The van der Waals surface area contributed by atoms with Crippen molar-refractivity contribution in [2.75, 3.05) is 0 Å². The Morgan fingerprint density at radius 2 is 2.12 bits per heavy atom. The average molecular weight is 260 g/mol. The van der Waals surface area contributed by atoms with Crippen LogP contribution in [-0.2, 0) is 4.74 Å². The molecule has 0 aliphatic carbocycles. The van der Waals surface area contributed by atoms with Gasteiger partial charge in [-0.3, -0.25) is 0 Å². The molecule has 0 aliphatic heterocycles. The molecule has 1 unspecified atom stereocenters. The number of ether oxygens (including phenoxy) is 1. The fourth-order valence-electron chi connectivity index (χ4n) is 1.74. The Hall–Kier alpha value is -0.556. The summed E-state index contributed by atoms with van der Waals surface area (Å²) >= 11 is 0. The molecular weight excluding hydrogens is 236 g/mol. The third kappa shape index (κ3) is 5.51. The molecule has 0 amide bonds. The Labute approximate surface area is 102 Å². The highest BCUT2D eigenvalue weighted by atomic mass is 28.4. The van der Waals surface area contributed by atoms with Gasteiger partial charge in [0.15, 0.2) is 0 Å². The van der Waals surface area contributed by atoms with Crippen LogP contribution >= 0.6 is 0 Å². The van der Waals surface area contributed by atoms with Gasteiger partial charge in [0.05, 0.1) is 13.8 Å². The monoisotopic (exact) mass is 260 g/mol. The summed E-state index contributed by atoms with van der Waals surface area (Å²) in [5, 5.41) is 10.2. The number of carboxylic acid groups (broad SMARTS) is 1. The normalized spacial score (nSPS) is 15.4. The second-order valence-electron chi connectivity index (χ2n) is 4.90. The van der Waals surface area contributed by atoms with Crippen LogP contribution in [0.5, 0.6) is 0 Å². The minimum atomic E-state index is -1.56. The van der Waals surface area contributed by atoms with Crippen molar-refractivity contribution in [2.45, 2.75) is 51.7 Å². The molecule has 0 spiro atoms. The third-order valence-corrected chi connectivity index (χ3v) is 12.8. The summed E-state index contributed by atoms with van der Waals surface area (Å²) in [6, 6.07) is 0. The summed E-state index contributed by atoms with van der Waals surface area (Å²) in [5.41, 5.74) is 1.16. The van der Waals surface area contributed by atoms with Gasteiger partial charge in [-0.2, -0.15) is 0 Å². The van der Waals surface area contributed by atoms with E-state index in [0.29, 0.717) is 0 Å². The van der Waals surface area contributed by atoms with Crippen molar-refractivity contribution in [3.63, 3.8) is 0 Å². The molecule has 0 aliphatic rings. The first-order valence-electron chi connectivity index (χ1n) is 5.84. The van der Waals surface area contributed by atoms with Crippen LogP contribution in [0.4, 0.5) is 4.79 Å². The summed E-state index contributed by atoms with van der Waals surface area (Å²) in [5.74, 6) is 0. The summed E-state index contributed by atoms with van der Waals surface area (Å²) < 4.78 is 5.01. The van der Waals surface area contributed by atoms with E-state index < -0.39 is 14.2 Å². The zero-order chi connectivity index (χ0) is 12.8. The lowest BCUT2D eigenvalue weighted by Crippen LogP contribution is -2.45. The Morgan fingerprint density at radius 3 is 2.50 bits per heavy atom. The molecule has 0 heterocycles. The maximum Gasteiger partial charge on any atom is 0.505 e. The molecule has 1 atom stereocenters. The number of allylic oxidation sites excluding steroid dienone is 2. The molecule has 1 N–H and O–H groups in total. The van der Waals surface area contributed by atoms with E-state index in [1.165, 1.54) is 10.9 Å². The zero-order valence-corrected chi connectivity index (χ0v) is 13.5. The summed E-state index contributed by atoms with van der Waals surface area (Å²) in [4.78, 5) is 10.6. The minimum Gasteiger partial charge on any atom is -0.450 e. The average Bonchev–Trinajstić information content (AvgIpc) is 2.22. The quantitative estimate of drug-likeness (QED) is 0.590. The molecule has 0 rings (SSSR count). The highest BCUT2D eigenvalue weighted by Crippen LogP contribution is 2.20. The van der Waals surface area contributed by atoms with Crippen molar-refractivity contribution < 1.29 is 14.6 Å². The SMILES string of the molecule is CC=C(C)[SiH2]C[Si](C)(C)C(CC)OC(=O)O. The number of rotatable bonds is 6. The fourth-order valence-corrected chi connectivity index (χ4v) is 9.00. The van der Waals surface area contributed by atoms with Crippen LogP contribution in [0.15, 0.2) is 11.3 Å². The molecule has 0 aromatic heterocycles. The molecule has 0 saturated carbocycles. The van der Waals surface area contributed by atoms with Crippen LogP contribution in [0, 0.1) is 0 Å². The minimum absolute atomic E-state index is 0.0536. The summed E-state index contributed by atoms with van der Waals surface area (Å²) in [6.45, 7) is 10.7. The van der Waals surface area contributed by atoms with Gasteiger partial charge in [0, 0.05) is 9.52 Å². The number of carbonyl (C=O) groups is 1. The highest BCUT2D eigenvalue weighted by molar-refractivity contribution is 6.86. The van der Waals surface area contributed by atoms with Crippen LogP contribution < -0.4 is 0 Å². The van der Waals surface area contributed by atoms with E-state index in [0.717, 1.165) is 6.42 Å². The van der Waals surface area contributed by atoms with Gasteiger partial charge in [0.2, 0.25) is 0 Å². The molecule has 0 saturated heterocycles.